The van der Waals surface area contributed by atoms with Crippen molar-refractivity contribution in [2.45, 2.75) is 57.1 Å². The molecular formula is C16H24Cl2O2. The smallest absolute Gasteiger partial charge is 0.109 e. The van der Waals surface area contributed by atoms with Gasteiger partial charge in [0.15, 0.2) is 0 Å². The van der Waals surface area contributed by atoms with E-state index in [9.17, 15) is 0 Å². The van der Waals surface area contributed by atoms with E-state index < -0.39 is 0 Å². The summed E-state index contributed by atoms with van der Waals surface area (Å²) in [5.41, 5.74) is 1.47. The van der Waals surface area contributed by atoms with Crippen LogP contribution in [0.5, 0.6) is 0 Å². The van der Waals surface area contributed by atoms with E-state index in [-0.39, 0.29) is 11.5 Å². The molecule has 0 bridgehead atoms. The van der Waals surface area contributed by atoms with Crippen LogP contribution in [0.2, 0.25) is 0 Å². The van der Waals surface area contributed by atoms with Crippen molar-refractivity contribution in [3.8, 4) is 0 Å². The van der Waals surface area contributed by atoms with Crippen LogP contribution in [0.4, 0.5) is 0 Å². The Bertz CT molecular complexity index is 379. The van der Waals surface area contributed by atoms with Crippen LogP contribution in [0.25, 0.3) is 0 Å². The number of hydrogen-bond acceptors (Lipinski definition) is 2. The van der Waals surface area contributed by atoms with Gasteiger partial charge in [0.2, 0.25) is 0 Å². The predicted molar refractivity (Wildman–Crippen MR) is 84.4 cm³/mol. The molecule has 0 aromatic heterocycles. The fraction of sp³-hybridized carbons (Fsp3) is 0.750. The lowest BCUT2D eigenvalue weighted by Crippen LogP contribution is -2.32. The maximum Gasteiger partial charge on any atom is 0.109 e. The molecule has 0 aromatic carbocycles. The highest BCUT2D eigenvalue weighted by atomic mass is 35.5. The summed E-state index contributed by atoms with van der Waals surface area (Å²) in [6.07, 6.45) is 8.67. The fourth-order valence-corrected chi connectivity index (χ4v) is 3.74. The van der Waals surface area contributed by atoms with E-state index in [0.29, 0.717) is 25.2 Å². The van der Waals surface area contributed by atoms with Gasteiger partial charge in [-0.15, -0.1) is 11.6 Å². The second-order valence-corrected chi connectivity index (χ2v) is 6.89. The molecule has 2 rings (SSSR count). The number of alkyl halides is 1. The molecule has 0 saturated carbocycles. The summed E-state index contributed by atoms with van der Waals surface area (Å²) >= 11 is 12.5. The highest BCUT2D eigenvalue weighted by Crippen LogP contribution is 2.31. The van der Waals surface area contributed by atoms with Crippen molar-refractivity contribution in [1.29, 1.82) is 0 Å². The molecule has 0 saturated heterocycles. The average molecular weight is 319 g/mol. The van der Waals surface area contributed by atoms with Crippen molar-refractivity contribution in [3.05, 3.63) is 22.8 Å². The van der Waals surface area contributed by atoms with Crippen molar-refractivity contribution in [3.63, 3.8) is 0 Å². The molecule has 2 aliphatic rings. The average Bonchev–Trinajstić information content (AvgIpc) is 2.39. The highest BCUT2D eigenvalue weighted by Gasteiger charge is 2.29. The Morgan fingerprint density at radius 3 is 2.70 bits per heavy atom. The van der Waals surface area contributed by atoms with Crippen molar-refractivity contribution in [2.75, 3.05) is 13.2 Å². The van der Waals surface area contributed by atoms with E-state index in [4.69, 9.17) is 32.7 Å². The highest BCUT2D eigenvalue weighted by molar-refractivity contribution is 6.31. The lowest BCUT2D eigenvalue weighted by molar-refractivity contribution is -0.0166. The largest absolute Gasteiger partial charge is 0.375 e. The Morgan fingerprint density at radius 1 is 1.30 bits per heavy atom. The summed E-state index contributed by atoms with van der Waals surface area (Å²) in [5, 5.41) is 0.697. The normalized spacial score (nSPS) is 34.6. The monoisotopic (exact) mass is 318 g/mol. The Hall–Kier alpha value is -0.0200. The van der Waals surface area contributed by atoms with Gasteiger partial charge >= 0.3 is 0 Å². The maximum absolute atomic E-state index is 6.32. The molecule has 0 N–H and O–H groups in total. The van der Waals surface area contributed by atoms with Gasteiger partial charge in [0.05, 0.1) is 24.7 Å². The van der Waals surface area contributed by atoms with Gasteiger partial charge < -0.3 is 9.47 Å². The SMILES string of the molecule is CC1=CCC(OCCOC2C(Cl)=CC(C)CC2Cl)CC1. The van der Waals surface area contributed by atoms with E-state index in [1.54, 1.807) is 0 Å². The van der Waals surface area contributed by atoms with Gasteiger partial charge in [-0.05, 0) is 38.5 Å². The Kier molecular flexibility index (Phi) is 6.41. The molecule has 114 valence electrons. The van der Waals surface area contributed by atoms with Gasteiger partial charge in [-0.1, -0.05) is 36.2 Å². The summed E-state index contributed by atoms with van der Waals surface area (Å²) < 4.78 is 11.6. The van der Waals surface area contributed by atoms with Crippen LogP contribution in [0.1, 0.15) is 39.5 Å². The number of halogens is 2. The van der Waals surface area contributed by atoms with Crippen LogP contribution in [0, 0.1) is 5.92 Å². The summed E-state index contributed by atoms with van der Waals surface area (Å²) in [6, 6.07) is 0. The van der Waals surface area contributed by atoms with E-state index in [0.717, 1.165) is 30.7 Å². The predicted octanol–water partition coefficient (Wildman–Crippen LogP) is 4.66. The third kappa shape index (κ3) is 4.77. The van der Waals surface area contributed by atoms with E-state index in [2.05, 4.69) is 19.9 Å². The number of hydrogen-bond donors (Lipinski definition) is 0. The van der Waals surface area contributed by atoms with Crippen LogP contribution in [-0.4, -0.2) is 30.8 Å². The van der Waals surface area contributed by atoms with Crippen LogP contribution in [0.15, 0.2) is 22.8 Å². The first-order valence-electron chi connectivity index (χ1n) is 7.46. The lowest BCUT2D eigenvalue weighted by atomic mass is 9.95. The summed E-state index contributed by atoms with van der Waals surface area (Å²) in [6.45, 7) is 5.46. The molecule has 2 aliphatic carbocycles. The molecule has 4 atom stereocenters. The molecule has 0 aromatic rings. The minimum atomic E-state index is -0.174. The molecule has 4 heteroatoms. The first-order chi connectivity index (χ1) is 9.56. The van der Waals surface area contributed by atoms with Crippen LogP contribution < -0.4 is 0 Å². The van der Waals surface area contributed by atoms with Gasteiger partial charge in [0, 0.05) is 5.03 Å². The third-order valence-electron chi connectivity index (χ3n) is 3.97. The summed E-state index contributed by atoms with van der Waals surface area (Å²) in [5.74, 6) is 0.429. The Labute approximate surface area is 132 Å². The second-order valence-electron chi connectivity index (χ2n) is 5.89. The van der Waals surface area contributed by atoms with Gasteiger partial charge in [-0.2, -0.15) is 0 Å². The number of allylic oxidation sites excluding steroid dienone is 2. The molecular weight excluding hydrogens is 295 g/mol. The molecule has 0 radical (unpaired) electrons. The Balaban J connectivity index is 1.67. The van der Waals surface area contributed by atoms with E-state index in [1.165, 1.54) is 5.57 Å². The van der Waals surface area contributed by atoms with Crippen molar-refractivity contribution in [2.24, 2.45) is 5.92 Å². The van der Waals surface area contributed by atoms with Crippen molar-refractivity contribution >= 4 is 23.2 Å². The molecule has 0 fully saturated rings. The van der Waals surface area contributed by atoms with Crippen molar-refractivity contribution < 1.29 is 9.47 Å². The summed E-state index contributed by atoms with van der Waals surface area (Å²) in [4.78, 5) is 0. The molecule has 0 aliphatic heterocycles. The molecule has 4 unspecified atom stereocenters. The first-order valence-corrected chi connectivity index (χ1v) is 8.28. The van der Waals surface area contributed by atoms with Crippen molar-refractivity contribution in [1.82, 2.24) is 0 Å². The standard InChI is InChI=1S/C16H24Cl2O2/c1-11-3-5-13(6-4-11)19-7-8-20-16-14(17)9-12(2)10-15(16)18/h3,9,12-13,15-16H,4-8,10H2,1-2H3. The zero-order valence-corrected chi connectivity index (χ0v) is 13.8. The van der Waals surface area contributed by atoms with Gasteiger partial charge in [0.25, 0.3) is 0 Å². The van der Waals surface area contributed by atoms with Crippen LogP contribution >= 0.6 is 23.2 Å². The van der Waals surface area contributed by atoms with E-state index in [1.807, 2.05) is 6.08 Å². The molecule has 0 amide bonds. The second kappa shape index (κ2) is 7.84. The van der Waals surface area contributed by atoms with Gasteiger partial charge in [-0.3, -0.25) is 0 Å². The zero-order valence-electron chi connectivity index (χ0n) is 12.3. The minimum absolute atomic E-state index is 0.0391. The molecule has 0 spiro atoms. The minimum Gasteiger partial charge on any atom is -0.375 e. The molecule has 0 heterocycles. The first kappa shape index (κ1) is 16.4. The third-order valence-corrected chi connectivity index (χ3v) is 4.71. The molecule has 20 heavy (non-hydrogen) atoms. The fourth-order valence-electron chi connectivity index (χ4n) is 2.75. The molecule has 2 nitrogen and oxygen atoms in total. The maximum atomic E-state index is 6.32. The number of ether oxygens (including phenoxy) is 2. The van der Waals surface area contributed by atoms with Crippen LogP contribution in [0.3, 0.4) is 0 Å². The van der Waals surface area contributed by atoms with Gasteiger partial charge in [-0.25, -0.2) is 0 Å². The van der Waals surface area contributed by atoms with E-state index >= 15 is 0 Å². The summed E-state index contributed by atoms with van der Waals surface area (Å²) in [7, 11) is 0. The zero-order chi connectivity index (χ0) is 14.5. The van der Waals surface area contributed by atoms with Crippen LogP contribution in [-0.2, 0) is 9.47 Å². The number of rotatable bonds is 5. The lowest BCUT2D eigenvalue weighted by Gasteiger charge is -2.29. The van der Waals surface area contributed by atoms with Gasteiger partial charge in [0.1, 0.15) is 6.10 Å². The topological polar surface area (TPSA) is 18.5 Å². The Morgan fingerprint density at radius 2 is 2.05 bits per heavy atom. The quantitative estimate of drug-likeness (QED) is 0.417.